The third-order valence-electron chi connectivity index (χ3n) is 3.72. The van der Waals surface area contributed by atoms with Crippen molar-refractivity contribution in [1.82, 2.24) is 4.90 Å². The first-order chi connectivity index (χ1) is 8.77. The van der Waals surface area contributed by atoms with Crippen LogP contribution in [0, 0.1) is 0 Å². The Morgan fingerprint density at radius 2 is 2.17 bits per heavy atom. The van der Waals surface area contributed by atoms with Gasteiger partial charge in [0.05, 0.1) is 18.8 Å². The molecular formula is C14H17NO3. The van der Waals surface area contributed by atoms with Crippen molar-refractivity contribution >= 4 is 5.91 Å². The topological polar surface area (TPSA) is 49.8 Å². The van der Waals surface area contributed by atoms with Crippen LogP contribution in [0.15, 0.2) is 24.3 Å². The fourth-order valence-corrected chi connectivity index (χ4v) is 2.85. The fourth-order valence-electron chi connectivity index (χ4n) is 2.85. The highest BCUT2D eigenvalue weighted by Gasteiger charge is 2.36. The van der Waals surface area contributed by atoms with E-state index in [2.05, 4.69) is 0 Å². The van der Waals surface area contributed by atoms with Gasteiger partial charge in [0.1, 0.15) is 5.75 Å². The van der Waals surface area contributed by atoms with E-state index in [1.807, 2.05) is 24.3 Å². The summed E-state index contributed by atoms with van der Waals surface area (Å²) in [5.74, 6) is 0.925. The van der Waals surface area contributed by atoms with Gasteiger partial charge in [-0.3, -0.25) is 4.79 Å². The maximum atomic E-state index is 11.9. The first-order valence-electron chi connectivity index (χ1n) is 6.46. The zero-order valence-corrected chi connectivity index (χ0v) is 10.2. The summed E-state index contributed by atoms with van der Waals surface area (Å²) >= 11 is 0. The quantitative estimate of drug-likeness (QED) is 0.818. The number of aliphatic hydroxyl groups is 1. The van der Waals surface area contributed by atoms with Gasteiger partial charge >= 0.3 is 0 Å². The largest absolute Gasteiger partial charge is 0.493 e. The van der Waals surface area contributed by atoms with Crippen molar-refractivity contribution in [3.05, 3.63) is 29.8 Å². The Morgan fingerprint density at radius 3 is 2.94 bits per heavy atom. The van der Waals surface area contributed by atoms with Crippen LogP contribution in [-0.4, -0.2) is 35.2 Å². The molecule has 0 radical (unpaired) electrons. The minimum absolute atomic E-state index is 0.135. The lowest BCUT2D eigenvalue weighted by Crippen LogP contribution is -2.37. The Kier molecular flexibility index (Phi) is 2.96. The number of hydrogen-bond donors (Lipinski definition) is 1. The molecule has 1 aromatic carbocycles. The molecule has 0 bridgehead atoms. The highest BCUT2D eigenvalue weighted by Crippen LogP contribution is 2.37. The Balaban J connectivity index is 2.02. The lowest BCUT2D eigenvalue weighted by molar-refractivity contribution is -0.132. The molecule has 1 amide bonds. The normalized spacial score (nSPS) is 27.6. The van der Waals surface area contributed by atoms with E-state index in [9.17, 15) is 9.90 Å². The van der Waals surface area contributed by atoms with Crippen LogP contribution in [-0.2, 0) is 4.79 Å². The summed E-state index contributed by atoms with van der Waals surface area (Å²) in [6.45, 7) is 1.23. The van der Waals surface area contributed by atoms with E-state index in [-0.39, 0.29) is 11.9 Å². The number of hydrogen-bond acceptors (Lipinski definition) is 3. The minimum atomic E-state index is -0.546. The van der Waals surface area contributed by atoms with Gasteiger partial charge in [-0.25, -0.2) is 0 Å². The number of para-hydroxylation sites is 1. The second kappa shape index (κ2) is 4.61. The average molecular weight is 247 g/mol. The minimum Gasteiger partial charge on any atom is -0.493 e. The summed E-state index contributed by atoms with van der Waals surface area (Å²) in [5, 5.41) is 10.3. The van der Waals surface area contributed by atoms with E-state index in [1.165, 1.54) is 0 Å². The number of benzene rings is 1. The maximum Gasteiger partial charge on any atom is 0.223 e. The molecule has 0 unspecified atom stereocenters. The molecule has 2 aliphatic rings. The number of amides is 1. The molecular weight excluding hydrogens is 230 g/mol. The number of ether oxygens (including phenoxy) is 1. The summed E-state index contributed by atoms with van der Waals surface area (Å²) < 4.78 is 5.65. The fraction of sp³-hybridized carbons (Fsp3) is 0.500. The highest BCUT2D eigenvalue weighted by atomic mass is 16.5. The molecule has 2 aliphatic heterocycles. The smallest absolute Gasteiger partial charge is 0.223 e. The third kappa shape index (κ3) is 1.86. The van der Waals surface area contributed by atoms with Crippen molar-refractivity contribution < 1.29 is 14.6 Å². The zero-order valence-electron chi connectivity index (χ0n) is 10.2. The highest BCUT2D eigenvalue weighted by molar-refractivity contribution is 5.78. The van der Waals surface area contributed by atoms with E-state index in [4.69, 9.17) is 4.74 Å². The van der Waals surface area contributed by atoms with Crippen LogP contribution in [0.3, 0.4) is 0 Å². The monoisotopic (exact) mass is 247 g/mol. The van der Waals surface area contributed by atoms with Gasteiger partial charge in [-0.1, -0.05) is 18.2 Å². The molecule has 1 saturated heterocycles. The molecule has 0 aromatic heterocycles. The van der Waals surface area contributed by atoms with Crippen molar-refractivity contribution in [2.24, 2.45) is 0 Å². The number of carbonyl (C=O) groups excluding carboxylic acids is 1. The van der Waals surface area contributed by atoms with E-state index in [0.717, 1.165) is 24.3 Å². The van der Waals surface area contributed by atoms with Crippen LogP contribution in [0.2, 0.25) is 0 Å². The van der Waals surface area contributed by atoms with Crippen molar-refractivity contribution in [3.63, 3.8) is 0 Å². The number of carbonyl (C=O) groups is 1. The number of nitrogens with zero attached hydrogens (tertiary/aromatic N) is 1. The van der Waals surface area contributed by atoms with Crippen molar-refractivity contribution in [1.29, 1.82) is 0 Å². The molecule has 96 valence electrons. The van der Waals surface area contributed by atoms with Crippen molar-refractivity contribution in [2.45, 2.75) is 31.4 Å². The van der Waals surface area contributed by atoms with Gasteiger partial charge in [0, 0.05) is 24.9 Å². The first-order valence-corrected chi connectivity index (χ1v) is 6.46. The van der Waals surface area contributed by atoms with Gasteiger partial charge in [-0.15, -0.1) is 0 Å². The number of rotatable bonds is 1. The molecule has 3 rings (SSSR count). The summed E-state index contributed by atoms with van der Waals surface area (Å²) in [6, 6.07) is 7.44. The second-order valence-corrected chi connectivity index (χ2v) is 4.88. The Morgan fingerprint density at radius 1 is 1.33 bits per heavy atom. The maximum absolute atomic E-state index is 11.9. The van der Waals surface area contributed by atoms with Crippen molar-refractivity contribution in [3.8, 4) is 5.75 Å². The molecule has 1 N–H and O–H groups in total. The number of likely N-dealkylation sites (tertiary alicyclic amines) is 1. The van der Waals surface area contributed by atoms with Gasteiger partial charge in [0.25, 0.3) is 0 Å². The molecule has 0 saturated carbocycles. The third-order valence-corrected chi connectivity index (χ3v) is 3.72. The molecule has 1 fully saturated rings. The zero-order chi connectivity index (χ0) is 12.5. The standard InChI is InChI=1S/C14H17NO3/c16-11-7-9-18-12-5-2-1-4-10(12)14(11)15-8-3-6-13(15)17/h1-2,4-5,11,14,16H,3,6-9H2/t11-,14-/m0/s1. The summed E-state index contributed by atoms with van der Waals surface area (Å²) in [5.41, 5.74) is 0.928. The molecule has 0 aliphatic carbocycles. The van der Waals surface area contributed by atoms with Crippen LogP contribution in [0.1, 0.15) is 30.9 Å². The van der Waals surface area contributed by atoms with Crippen LogP contribution in [0.25, 0.3) is 0 Å². The Hall–Kier alpha value is -1.55. The molecule has 2 atom stereocenters. The Bertz CT molecular complexity index is 460. The molecule has 1 aromatic rings. The SMILES string of the molecule is O=C1CCCN1[C@H]1c2ccccc2OCC[C@@H]1O. The van der Waals surface area contributed by atoms with Crippen molar-refractivity contribution in [2.75, 3.05) is 13.2 Å². The van der Waals surface area contributed by atoms with Crippen LogP contribution >= 0.6 is 0 Å². The van der Waals surface area contributed by atoms with Gasteiger partial charge < -0.3 is 14.7 Å². The predicted molar refractivity (Wildman–Crippen MR) is 66.2 cm³/mol. The predicted octanol–water partition coefficient (Wildman–Crippen LogP) is 1.49. The number of aliphatic hydroxyl groups excluding tert-OH is 1. The van der Waals surface area contributed by atoms with E-state index >= 15 is 0 Å². The van der Waals surface area contributed by atoms with Gasteiger partial charge in [0.2, 0.25) is 5.91 Å². The Labute approximate surface area is 106 Å². The van der Waals surface area contributed by atoms with Crippen LogP contribution in [0.5, 0.6) is 5.75 Å². The van der Waals surface area contributed by atoms with Gasteiger partial charge in [-0.2, -0.15) is 0 Å². The number of fused-ring (bicyclic) bond motifs is 1. The molecule has 2 heterocycles. The van der Waals surface area contributed by atoms with Crippen LogP contribution in [0.4, 0.5) is 0 Å². The van der Waals surface area contributed by atoms with E-state index in [1.54, 1.807) is 4.90 Å². The molecule has 4 nitrogen and oxygen atoms in total. The first kappa shape index (κ1) is 11.5. The molecule has 18 heavy (non-hydrogen) atoms. The summed E-state index contributed by atoms with van der Waals surface area (Å²) in [6.07, 6.45) is 1.48. The summed E-state index contributed by atoms with van der Waals surface area (Å²) in [7, 11) is 0. The lowest BCUT2D eigenvalue weighted by atomic mass is 9.98. The lowest BCUT2D eigenvalue weighted by Gasteiger charge is -2.30. The van der Waals surface area contributed by atoms with Gasteiger partial charge in [-0.05, 0) is 12.5 Å². The van der Waals surface area contributed by atoms with E-state index in [0.29, 0.717) is 19.4 Å². The van der Waals surface area contributed by atoms with Crippen LogP contribution < -0.4 is 4.74 Å². The molecule has 4 heteroatoms. The molecule has 0 spiro atoms. The second-order valence-electron chi connectivity index (χ2n) is 4.88. The average Bonchev–Trinajstić information content (AvgIpc) is 2.71. The van der Waals surface area contributed by atoms with E-state index < -0.39 is 6.10 Å². The van der Waals surface area contributed by atoms with Gasteiger partial charge in [0.15, 0.2) is 0 Å². The summed E-state index contributed by atoms with van der Waals surface area (Å²) in [4.78, 5) is 13.7.